The summed E-state index contributed by atoms with van der Waals surface area (Å²) < 4.78 is 3.99. The lowest BCUT2D eigenvalue weighted by molar-refractivity contribution is -0.716. The molecule has 0 amide bonds. The van der Waals surface area contributed by atoms with Gasteiger partial charge in [0.15, 0.2) is 6.20 Å². The molecule has 1 saturated carbocycles. The Labute approximate surface area is 85.3 Å². The lowest BCUT2D eigenvalue weighted by Crippen LogP contribution is -2.34. The van der Waals surface area contributed by atoms with Crippen LogP contribution in [0.25, 0.3) is 0 Å². The van der Waals surface area contributed by atoms with Gasteiger partial charge in [0.2, 0.25) is 0 Å². The molecule has 1 heterocycles. The Balaban J connectivity index is 1.95. The van der Waals surface area contributed by atoms with Crippen molar-refractivity contribution in [2.75, 3.05) is 0 Å². The van der Waals surface area contributed by atoms with Gasteiger partial charge in [-0.25, -0.2) is 4.57 Å². The van der Waals surface area contributed by atoms with Crippen LogP contribution < -0.4 is 9.40 Å². The monoisotopic (exact) mass is 195 g/mol. The maximum absolute atomic E-state index is 5.80. The average Bonchev–Trinajstić information content (AvgIpc) is 2.75. The standard InChI is InChI=1S/C11H19N2O/c1-10(2)12-7-8-13(9-12)14-11-5-3-4-6-11/h7-11H,3-6H2,1-2H3/q+1. The first kappa shape index (κ1) is 9.56. The Hall–Kier alpha value is -0.990. The first-order valence-corrected chi connectivity index (χ1v) is 5.51. The van der Waals surface area contributed by atoms with Crippen molar-refractivity contribution < 1.29 is 9.40 Å². The van der Waals surface area contributed by atoms with Crippen molar-refractivity contribution in [3.05, 3.63) is 18.7 Å². The topological polar surface area (TPSA) is 18.0 Å². The lowest BCUT2D eigenvalue weighted by atomic mass is 10.3. The van der Waals surface area contributed by atoms with Crippen molar-refractivity contribution in [3.8, 4) is 0 Å². The normalized spacial score (nSPS) is 17.9. The van der Waals surface area contributed by atoms with E-state index in [4.69, 9.17) is 4.84 Å². The summed E-state index contributed by atoms with van der Waals surface area (Å²) in [5.41, 5.74) is 0. The average molecular weight is 195 g/mol. The lowest BCUT2D eigenvalue weighted by Gasteiger charge is -2.06. The molecular formula is C11H19N2O+. The van der Waals surface area contributed by atoms with Gasteiger partial charge >= 0.3 is 0 Å². The number of hydrogen-bond acceptors (Lipinski definition) is 1. The molecule has 0 aromatic carbocycles. The van der Waals surface area contributed by atoms with Crippen LogP contribution in [0.3, 0.4) is 0 Å². The molecule has 1 fully saturated rings. The molecule has 1 aliphatic rings. The van der Waals surface area contributed by atoms with Gasteiger partial charge in [0.05, 0.1) is 6.04 Å². The molecule has 78 valence electrons. The van der Waals surface area contributed by atoms with E-state index in [9.17, 15) is 0 Å². The van der Waals surface area contributed by atoms with E-state index in [-0.39, 0.29) is 0 Å². The predicted molar refractivity (Wildman–Crippen MR) is 53.8 cm³/mol. The third-order valence-corrected chi connectivity index (χ3v) is 2.80. The van der Waals surface area contributed by atoms with Gasteiger partial charge in [-0.1, -0.05) is 4.73 Å². The second kappa shape index (κ2) is 4.03. The molecular weight excluding hydrogens is 176 g/mol. The summed E-state index contributed by atoms with van der Waals surface area (Å²) in [6.07, 6.45) is 11.5. The number of imidazole rings is 1. The second-order valence-corrected chi connectivity index (χ2v) is 4.33. The van der Waals surface area contributed by atoms with Gasteiger partial charge in [0.25, 0.3) is 6.33 Å². The van der Waals surface area contributed by atoms with Gasteiger partial charge < -0.3 is 4.84 Å². The highest BCUT2D eigenvalue weighted by molar-refractivity contribution is 4.69. The highest BCUT2D eigenvalue weighted by atomic mass is 16.7. The van der Waals surface area contributed by atoms with E-state index in [0.717, 1.165) is 0 Å². The van der Waals surface area contributed by atoms with Crippen molar-refractivity contribution >= 4 is 0 Å². The molecule has 0 atom stereocenters. The maximum atomic E-state index is 5.80. The smallest absolute Gasteiger partial charge is 0.284 e. The first-order chi connectivity index (χ1) is 6.75. The van der Waals surface area contributed by atoms with Gasteiger partial charge in [0, 0.05) is 0 Å². The Bertz CT molecular complexity index is 287. The number of aromatic nitrogens is 2. The third-order valence-electron chi connectivity index (χ3n) is 2.80. The fraction of sp³-hybridized carbons (Fsp3) is 0.727. The van der Waals surface area contributed by atoms with E-state index in [0.29, 0.717) is 12.1 Å². The summed E-state index contributed by atoms with van der Waals surface area (Å²) in [6, 6.07) is 0.503. The summed E-state index contributed by atoms with van der Waals surface area (Å²) in [6.45, 7) is 4.33. The molecule has 0 N–H and O–H groups in total. The van der Waals surface area contributed by atoms with Crippen LogP contribution in [0.1, 0.15) is 45.6 Å². The molecule has 14 heavy (non-hydrogen) atoms. The van der Waals surface area contributed by atoms with Gasteiger partial charge in [-0.05, 0) is 39.5 Å². The number of nitrogens with zero attached hydrogens (tertiary/aromatic N) is 2. The number of rotatable bonds is 3. The van der Waals surface area contributed by atoms with E-state index in [1.54, 1.807) is 0 Å². The van der Waals surface area contributed by atoms with Crippen LogP contribution in [0.2, 0.25) is 0 Å². The van der Waals surface area contributed by atoms with Crippen molar-refractivity contribution in [1.82, 2.24) is 4.73 Å². The predicted octanol–water partition coefficient (Wildman–Crippen LogP) is 1.73. The molecule has 2 rings (SSSR count). The minimum Gasteiger partial charge on any atom is -0.333 e. The molecule has 0 saturated heterocycles. The van der Waals surface area contributed by atoms with Crippen molar-refractivity contribution in [3.63, 3.8) is 0 Å². The summed E-state index contributed by atoms with van der Waals surface area (Å²) >= 11 is 0. The van der Waals surface area contributed by atoms with Crippen LogP contribution in [-0.2, 0) is 0 Å². The van der Waals surface area contributed by atoms with E-state index < -0.39 is 0 Å². The molecule has 0 spiro atoms. The van der Waals surface area contributed by atoms with Crippen molar-refractivity contribution in [2.24, 2.45) is 0 Å². The molecule has 1 aliphatic carbocycles. The van der Waals surface area contributed by atoms with Crippen LogP contribution >= 0.6 is 0 Å². The molecule has 0 aliphatic heterocycles. The minimum absolute atomic E-state index is 0.433. The van der Waals surface area contributed by atoms with Gasteiger partial charge in [0.1, 0.15) is 12.3 Å². The molecule has 3 heteroatoms. The third kappa shape index (κ3) is 2.08. The first-order valence-electron chi connectivity index (χ1n) is 5.51. The SMILES string of the molecule is CC(C)[n+]1ccn(OC2CCCC2)c1. The molecule has 3 nitrogen and oxygen atoms in total. The summed E-state index contributed by atoms with van der Waals surface area (Å²) in [7, 11) is 0. The zero-order valence-electron chi connectivity index (χ0n) is 9.02. The Morgan fingerprint density at radius 1 is 1.36 bits per heavy atom. The van der Waals surface area contributed by atoms with Crippen LogP contribution in [0.5, 0.6) is 0 Å². The van der Waals surface area contributed by atoms with Crippen LogP contribution in [0, 0.1) is 0 Å². The van der Waals surface area contributed by atoms with Crippen LogP contribution in [0.4, 0.5) is 0 Å². The summed E-state index contributed by atoms with van der Waals surface area (Å²) in [5.74, 6) is 0. The molecule has 0 bridgehead atoms. The van der Waals surface area contributed by atoms with E-state index >= 15 is 0 Å². The summed E-state index contributed by atoms with van der Waals surface area (Å²) in [5, 5.41) is 0. The summed E-state index contributed by atoms with van der Waals surface area (Å²) in [4.78, 5) is 5.80. The van der Waals surface area contributed by atoms with E-state index in [2.05, 4.69) is 24.6 Å². The van der Waals surface area contributed by atoms with Gasteiger partial charge in [-0.3, -0.25) is 0 Å². The Kier molecular flexibility index (Phi) is 2.75. The number of hydrogen-bond donors (Lipinski definition) is 0. The molecule has 0 radical (unpaired) electrons. The molecule has 0 unspecified atom stereocenters. The highest BCUT2D eigenvalue weighted by Gasteiger charge is 2.19. The van der Waals surface area contributed by atoms with Gasteiger partial charge in [-0.2, -0.15) is 0 Å². The van der Waals surface area contributed by atoms with Crippen molar-refractivity contribution in [2.45, 2.75) is 51.7 Å². The van der Waals surface area contributed by atoms with E-state index in [1.807, 2.05) is 17.3 Å². The zero-order valence-corrected chi connectivity index (χ0v) is 9.02. The second-order valence-electron chi connectivity index (χ2n) is 4.33. The molecule has 1 aromatic rings. The minimum atomic E-state index is 0.433. The van der Waals surface area contributed by atoms with E-state index in [1.165, 1.54) is 25.7 Å². The zero-order chi connectivity index (χ0) is 9.97. The fourth-order valence-corrected chi connectivity index (χ4v) is 1.88. The maximum Gasteiger partial charge on any atom is 0.284 e. The largest absolute Gasteiger partial charge is 0.333 e. The molecule has 1 aromatic heterocycles. The van der Waals surface area contributed by atoms with Gasteiger partial charge in [-0.15, -0.1) is 0 Å². The quantitative estimate of drug-likeness (QED) is 0.672. The van der Waals surface area contributed by atoms with Crippen molar-refractivity contribution in [1.29, 1.82) is 0 Å². The van der Waals surface area contributed by atoms with Crippen LogP contribution in [-0.4, -0.2) is 10.8 Å². The Morgan fingerprint density at radius 2 is 2.07 bits per heavy atom. The Morgan fingerprint density at radius 3 is 2.64 bits per heavy atom. The van der Waals surface area contributed by atoms with Crippen LogP contribution in [0.15, 0.2) is 18.7 Å². The highest BCUT2D eigenvalue weighted by Crippen LogP contribution is 2.18. The fourth-order valence-electron chi connectivity index (χ4n) is 1.88.